The molecule has 25 heavy (non-hydrogen) atoms. The molecule has 0 spiro atoms. The predicted molar refractivity (Wildman–Crippen MR) is 91.9 cm³/mol. The van der Waals surface area contributed by atoms with Gasteiger partial charge in [0, 0.05) is 30.5 Å². The molecule has 0 amide bonds. The zero-order valence-corrected chi connectivity index (χ0v) is 14.1. The highest BCUT2D eigenvalue weighted by atomic mass is 35.5. The van der Waals surface area contributed by atoms with E-state index in [-0.39, 0.29) is 16.8 Å². The Kier molecular flexibility index (Phi) is 3.12. The van der Waals surface area contributed by atoms with Crippen molar-refractivity contribution in [2.45, 2.75) is 13.1 Å². The number of hydrogen-bond acceptors (Lipinski definition) is 1. The fourth-order valence-corrected chi connectivity index (χ4v) is 3.44. The van der Waals surface area contributed by atoms with Crippen molar-refractivity contribution in [3.05, 3.63) is 59.1 Å². The molecule has 0 unspecified atom stereocenters. The molecule has 3 aromatic heterocycles. The van der Waals surface area contributed by atoms with Crippen molar-refractivity contribution in [3.8, 4) is 11.1 Å². The first-order valence-corrected chi connectivity index (χ1v) is 7.87. The van der Waals surface area contributed by atoms with Crippen LogP contribution >= 0.6 is 11.6 Å². The van der Waals surface area contributed by atoms with Gasteiger partial charge in [-0.3, -0.25) is 0 Å². The maximum absolute atomic E-state index is 13.9. The summed E-state index contributed by atoms with van der Waals surface area (Å²) in [4.78, 5) is 4.33. The average Bonchev–Trinajstić information content (AvgIpc) is 3.09. The number of hydrogen-bond donors (Lipinski definition) is 0. The molecule has 0 aliphatic rings. The molecule has 0 radical (unpaired) electrons. The zero-order chi connectivity index (χ0) is 18.8. The normalized spacial score (nSPS) is 13.0. The molecule has 0 fully saturated rings. The Hall–Kier alpha value is -2.47. The maximum Gasteiger partial charge on any atom is 0.417 e. The molecule has 0 aliphatic carbocycles. The van der Waals surface area contributed by atoms with Crippen LogP contribution in [0.25, 0.3) is 27.7 Å². The molecule has 3 nitrogen and oxygen atoms in total. The molecule has 3 heterocycles. The summed E-state index contributed by atoms with van der Waals surface area (Å²) < 4.78 is 52.5. The summed E-state index contributed by atoms with van der Waals surface area (Å²) in [6.45, 7) is 1.71. The van der Waals surface area contributed by atoms with E-state index in [0.717, 1.165) is 6.07 Å². The Morgan fingerprint density at radius 2 is 1.96 bits per heavy atom. The minimum atomic E-state index is -4.59. The largest absolute Gasteiger partial charge is 0.417 e. The first kappa shape index (κ1) is 14.8. The molecule has 7 heteroatoms. The number of aromatic nitrogens is 3. The summed E-state index contributed by atoms with van der Waals surface area (Å²) in [7, 11) is 1.65. The van der Waals surface area contributed by atoms with Crippen molar-refractivity contribution in [3.63, 3.8) is 0 Å². The van der Waals surface area contributed by atoms with Crippen molar-refractivity contribution < 1.29 is 14.5 Å². The van der Waals surface area contributed by atoms with E-state index < -0.39 is 11.7 Å². The van der Waals surface area contributed by atoms with Gasteiger partial charge in [0.1, 0.15) is 11.3 Å². The molecule has 0 atom stereocenters. The van der Waals surface area contributed by atoms with E-state index >= 15 is 0 Å². The minimum Gasteiger partial charge on any atom is -0.331 e. The Morgan fingerprint density at radius 3 is 2.68 bits per heavy atom. The van der Waals surface area contributed by atoms with Gasteiger partial charge in [-0.1, -0.05) is 17.7 Å². The smallest absolute Gasteiger partial charge is 0.331 e. The lowest BCUT2D eigenvalue weighted by molar-refractivity contribution is -0.137. The number of fused-ring (bicyclic) bond motifs is 2. The lowest BCUT2D eigenvalue weighted by atomic mass is 9.97. The molecule has 0 saturated heterocycles. The van der Waals surface area contributed by atoms with Gasteiger partial charge in [-0.25, -0.2) is 4.98 Å². The molecule has 0 bridgehead atoms. The number of halogens is 4. The van der Waals surface area contributed by atoms with E-state index in [2.05, 4.69) is 4.98 Å². The highest BCUT2D eigenvalue weighted by Gasteiger charge is 2.37. The van der Waals surface area contributed by atoms with Crippen LogP contribution in [-0.2, 0) is 13.2 Å². The summed E-state index contributed by atoms with van der Waals surface area (Å²) in [5.41, 5.74) is 0.513. The minimum absolute atomic E-state index is 0.0423. The standard InChI is InChI=1S/C18H13ClF3N3/c1-10-23-17-14(24(10)2)9-12(18(20,21)22)15(16(17)19)11-5-3-7-25-8-4-6-13(11)25/h3-9H,1-2H3/i8D. The second kappa shape index (κ2) is 5.26. The van der Waals surface area contributed by atoms with Crippen LogP contribution in [0.4, 0.5) is 13.2 Å². The Morgan fingerprint density at radius 1 is 1.20 bits per heavy atom. The number of nitrogens with zero attached hydrogens (tertiary/aromatic N) is 3. The van der Waals surface area contributed by atoms with Crippen molar-refractivity contribution in [2.24, 2.45) is 7.05 Å². The van der Waals surface area contributed by atoms with E-state index in [1.54, 1.807) is 42.9 Å². The lowest BCUT2D eigenvalue weighted by Crippen LogP contribution is -2.09. The Bertz CT molecular complexity index is 1170. The van der Waals surface area contributed by atoms with E-state index in [4.69, 9.17) is 13.0 Å². The molecule has 0 N–H and O–H groups in total. The third-order valence-corrected chi connectivity index (χ3v) is 4.77. The lowest BCUT2D eigenvalue weighted by Gasteiger charge is -2.16. The van der Waals surface area contributed by atoms with Crippen LogP contribution in [0.2, 0.25) is 5.02 Å². The van der Waals surface area contributed by atoms with Crippen LogP contribution in [0.5, 0.6) is 0 Å². The molecule has 1 aromatic carbocycles. The number of imidazole rings is 1. The number of rotatable bonds is 1. The second-order valence-corrected chi connectivity index (χ2v) is 6.21. The van der Waals surface area contributed by atoms with Crippen LogP contribution < -0.4 is 0 Å². The van der Waals surface area contributed by atoms with Crippen LogP contribution in [0.15, 0.2) is 42.7 Å². The van der Waals surface area contributed by atoms with Crippen LogP contribution in [-0.4, -0.2) is 14.0 Å². The summed E-state index contributed by atoms with van der Waals surface area (Å²) in [6.07, 6.45) is -2.78. The van der Waals surface area contributed by atoms with Gasteiger partial charge in [0.15, 0.2) is 0 Å². The average molecular weight is 365 g/mol. The highest BCUT2D eigenvalue weighted by Crippen LogP contribution is 2.45. The Balaban J connectivity index is 2.19. The molecular formula is C18H13ClF3N3. The van der Waals surface area contributed by atoms with Crippen LogP contribution in [0.3, 0.4) is 0 Å². The van der Waals surface area contributed by atoms with Crippen molar-refractivity contribution in [2.75, 3.05) is 0 Å². The highest BCUT2D eigenvalue weighted by molar-refractivity contribution is 6.38. The molecule has 4 aromatic rings. The summed E-state index contributed by atoms with van der Waals surface area (Å²) in [5, 5.41) is -0.0423. The van der Waals surface area contributed by atoms with Crippen molar-refractivity contribution in [1.29, 1.82) is 0 Å². The van der Waals surface area contributed by atoms with Crippen LogP contribution in [0, 0.1) is 6.92 Å². The van der Waals surface area contributed by atoms with Crippen molar-refractivity contribution in [1.82, 2.24) is 14.0 Å². The third-order valence-electron chi connectivity index (χ3n) is 4.40. The third kappa shape index (κ3) is 2.32. The SMILES string of the molecule is [2H]c1ccc2c(-c3c(C(F)(F)F)cc4c(nc(C)n4C)c3Cl)cccn12. The van der Waals surface area contributed by atoms with Gasteiger partial charge in [0.25, 0.3) is 0 Å². The molecular weight excluding hydrogens is 351 g/mol. The zero-order valence-electron chi connectivity index (χ0n) is 14.3. The fraction of sp³-hybridized carbons (Fsp3) is 0.167. The molecule has 128 valence electrons. The number of aryl methyl sites for hydroxylation is 2. The number of benzene rings is 1. The first-order valence-electron chi connectivity index (χ1n) is 8.00. The summed E-state index contributed by atoms with van der Waals surface area (Å²) in [6, 6.07) is 7.41. The summed E-state index contributed by atoms with van der Waals surface area (Å²) in [5.74, 6) is 0.571. The van der Waals surface area contributed by atoms with Gasteiger partial charge in [-0.15, -0.1) is 0 Å². The maximum atomic E-state index is 13.9. The first-order chi connectivity index (χ1) is 12.2. The van der Waals surface area contributed by atoms with Crippen LogP contribution in [0.1, 0.15) is 12.8 Å². The fourth-order valence-electron chi connectivity index (χ4n) is 3.10. The van der Waals surface area contributed by atoms with E-state index in [9.17, 15) is 13.2 Å². The van der Waals surface area contributed by atoms with Gasteiger partial charge in [0.2, 0.25) is 0 Å². The van der Waals surface area contributed by atoms with Crippen molar-refractivity contribution >= 4 is 28.2 Å². The topological polar surface area (TPSA) is 22.2 Å². The van der Waals surface area contributed by atoms with E-state index in [1.165, 1.54) is 10.5 Å². The molecule has 0 aliphatic heterocycles. The molecule has 4 rings (SSSR count). The summed E-state index contributed by atoms with van der Waals surface area (Å²) >= 11 is 6.45. The quantitative estimate of drug-likeness (QED) is 0.439. The van der Waals surface area contributed by atoms with Gasteiger partial charge in [-0.05, 0) is 31.2 Å². The van der Waals surface area contributed by atoms with Gasteiger partial charge in [-0.2, -0.15) is 13.2 Å². The van der Waals surface area contributed by atoms with Gasteiger partial charge in [0.05, 0.1) is 23.0 Å². The number of alkyl halides is 3. The van der Waals surface area contributed by atoms with Gasteiger partial charge < -0.3 is 8.97 Å². The monoisotopic (exact) mass is 364 g/mol. The molecule has 0 saturated carbocycles. The van der Waals surface area contributed by atoms with Gasteiger partial charge >= 0.3 is 6.18 Å². The van der Waals surface area contributed by atoms with E-state index in [1.807, 2.05) is 0 Å². The predicted octanol–water partition coefficient (Wildman–Crippen LogP) is 5.47. The van der Waals surface area contributed by atoms with E-state index in [0.29, 0.717) is 27.9 Å². The Labute approximate surface area is 147 Å². The second-order valence-electron chi connectivity index (χ2n) is 5.84. The number of pyridine rings is 1.